The molecule has 1 saturated heterocycles. The highest BCUT2D eigenvalue weighted by Gasteiger charge is 2.28. The molecule has 0 aliphatic carbocycles. The number of amides is 3. The number of para-hydroxylation sites is 1. The standard InChI is InChI=1S/C13H17N3O4S/c17-12(15-11-6-7-21(19,20)9-11)8-14-13(18)16-10-4-2-1-3-5-10/h1-5,11H,6-9H2,(H,15,17)(H2,14,16,18)/t11-/m1/s1. The van der Waals surface area contributed by atoms with E-state index in [0.29, 0.717) is 12.1 Å². The summed E-state index contributed by atoms with van der Waals surface area (Å²) < 4.78 is 22.5. The molecule has 7 nitrogen and oxygen atoms in total. The van der Waals surface area contributed by atoms with Crippen LogP contribution in [0.3, 0.4) is 0 Å². The summed E-state index contributed by atoms with van der Waals surface area (Å²) in [7, 11) is -3.03. The van der Waals surface area contributed by atoms with E-state index in [0.717, 1.165) is 0 Å². The molecule has 1 aromatic rings. The Labute approximate surface area is 123 Å². The van der Waals surface area contributed by atoms with E-state index in [4.69, 9.17) is 0 Å². The maximum absolute atomic E-state index is 11.6. The van der Waals surface area contributed by atoms with Crippen LogP contribution in [0.15, 0.2) is 30.3 Å². The lowest BCUT2D eigenvalue weighted by molar-refractivity contribution is -0.120. The first kappa shape index (κ1) is 15.3. The summed E-state index contributed by atoms with van der Waals surface area (Å²) in [5.41, 5.74) is 0.622. The van der Waals surface area contributed by atoms with Crippen molar-refractivity contribution in [3.63, 3.8) is 0 Å². The number of rotatable bonds is 4. The molecule has 0 aromatic heterocycles. The Kier molecular flexibility index (Phi) is 4.79. The summed E-state index contributed by atoms with van der Waals surface area (Å²) in [4.78, 5) is 23.2. The Morgan fingerprint density at radius 3 is 2.52 bits per heavy atom. The maximum Gasteiger partial charge on any atom is 0.319 e. The number of nitrogens with one attached hydrogen (secondary N) is 3. The van der Waals surface area contributed by atoms with Crippen molar-refractivity contribution in [2.45, 2.75) is 12.5 Å². The van der Waals surface area contributed by atoms with E-state index in [2.05, 4.69) is 16.0 Å². The van der Waals surface area contributed by atoms with Crippen molar-refractivity contribution in [2.24, 2.45) is 0 Å². The monoisotopic (exact) mass is 311 g/mol. The molecule has 114 valence electrons. The van der Waals surface area contributed by atoms with E-state index in [1.165, 1.54) is 0 Å². The van der Waals surface area contributed by atoms with Crippen molar-refractivity contribution in [3.8, 4) is 0 Å². The average molecular weight is 311 g/mol. The van der Waals surface area contributed by atoms with E-state index in [-0.39, 0.29) is 24.1 Å². The number of benzene rings is 1. The molecule has 21 heavy (non-hydrogen) atoms. The second-order valence-corrected chi connectivity index (χ2v) is 7.07. The summed E-state index contributed by atoms with van der Waals surface area (Å²) in [6.45, 7) is -0.199. The topological polar surface area (TPSA) is 104 Å². The lowest BCUT2D eigenvalue weighted by Gasteiger charge is -2.11. The first-order valence-corrected chi connectivity index (χ1v) is 8.36. The van der Waals surface area contributed by atoms with Crippen LogP contribution in [0.1, 0.15) is 6.42 Å². The fourth-order valence-corrected chi connectivity index (χ4v) is 3.72. The summed E-state index contributed by atoms with van der Waals surface area (Å²) in [5, 5.41) is 7.59. The number of urea groups is 1. The molecule has 0 spiro atoms. The van der Waals surface area contributed by atoms with E-state index < -0.39 is 21.8 Å². The zero-order valence-electron chi connectivity index (χ0n) is 11.3. The van der Waals surface area contributed by atoms with Gasteiger partial charge < -0.3 is 16.0 Å². The van der Waals surface area contributed by atoms with Crippen LogP contribution in [0, 0.1) is 0 Å². The molecule has 1 aromatic carbocycles. The zero-order valence-corrected chi connectivity index (χ0v) is 12.2. The minimum Gasteiger partial charge on any atom is -0.351 e. The van der Waals surface area contributed by atoms with E-state index in [1.807, 2.05) is 6.07 Å². The lowest BCUT2D eigenvalue weighted by atomic mass is 10.2. The third kappa shape index (κ3) is 5.07. The Morgan fingerprint density at radius 2 is 1.90 bits per heavy atom. The van der Waals surface area contributed by atoms with Crippen LogP contribution in [-0.4, -0.2) is 44.4 Å². The van der Waals surface area contributed by atoms with Crippen molar-refractivity contribution < 1.29 is 18.0 Å². The van der Waals surface area contributed by atoms with Gasteiger partial charge in [0.15, 0.2) is 9.84 Å². The number of hydrogen-bond acceptors (Lipinski definition) is 4. The molecular weight excluding hydrogens is 294 g/mol. The van der Waals surface area contributed by atoms with E-state index in [1.54, 1.807) is 24.3 Å². The molecule has 1 atom stereocenters. The number of carbonyl (C=O) groups excluding carboxylic acids is 2. The van der Waals surface area contributed by atoms with Crippen LogP contribution in [0.5, 0.6) is 0 Å². The van der Waals surface area contributed by atoms with Gasteiger partial charge in [-0.25, -0.2) is 13.2 Å². The van der Waals surface area contributed by atoms with Crippen LogP contribution in [0.25, 0.3) is 0 Å². The van der Waals surface area contributed by atoms with Crippen LogP contribution in [0.2, 0.25) is 0 Å². The summed E-state index contributed by atoms with van der Waals surface area (Å²) >= 11 is 0. The molecule has 1 aliphatic rings. The smallest absolute Gasteiger partial charge is 0.319 e. The van der Waals surface area contributed by atoms with Gasteiger partial charge in [-0.3, -0.25) is 4.79 Å². The molecule has 0 radical (unpaired) electrons. The van der Waals surface area contributed by atoms with Crippen molar-refractivity contribution >= 4 is 27.5 Å². The normalized spacial score (nSPS) is 19.7. The lowest BCUT2D eigenvalue weighted by Crippen LogP contribution is -2.43. The zero-order chi connectivity index (χ0) is 15.3. The van der Waals surface area contributed by atoms with Crippen LogP contribution in [-0.2, 0) is 14.6 Å². The first-order valence-electron chi connectivity index (χ1n) is 6.54. The molecule has 0 unspecified atom stereocenters. The van der Waals surface area contributed by atoms with Gasteiger partial charge >= 0.3 is 6.03 Å². The molecule has 8 heteroatoms. The quantitative estimate of drug-likeness (QED) is 0.734. The van der Waals surface area contributed by atoms with Crippen molar-refractivity contribution in [3.05, 3.63) is 30.3 Å². The van der Waals surface area contributed by atoms with Gasteiger partial charge in [0.05, 0.1) is 18.1 Å². The Hall–Kier alpha value is -2.09. The molecule has 0 bridgehead atoms. The maximum atomic E-state index is 11.6. The minimum absolute atomic E-state index is 0.0328. The van der Waals surface area contributed by atoms with Gasteiger partial charge in [-0.05, 0) is 18.6 Å². The predicted molar refractivity (Wildman–Crippen MR) is 78.7 cm³/mol. The van der Waals surface area contributed by atoms with Gasteiger partial charge in [0.25, 0.3) is 0 Å². The van der Waals surface area contributed by atoms with Gasteiger partial charge in [-0.15, -0.1) is 0 Å². The highest BCUT2D eigenvalue weighted by atomic mass is 32.2. The third-order valence-corrected chi connectivity index (χ3v) is 4.81. The average Bonchev–Trinajstić information content (AvgIpc) is 2.77. The van der Waals surface area contributed by atoms with Crippen LogP contribution < -0.4 is 16.0 Å². The second-order valence-electron chi connectivity index (χ2n) is 4.84. The second kappa shape index (κ2) is 6.57. The fraction of sp³-hybridized carbons (Fsp3) is 0.385. The SMILES string of the molecule is O=C(CNC(=O)Nc1ccccc1)N[C@@H]1CCS(=O)(=O)C1. The molecule has 2 rings (SSSR count). The molecule has 1 heterocycles. The Bertz CT molecular complexity index is 616. The van der Waals surface area contributed by atoms with Crippen LogP contribution >= 0.6 is 0 Å². The minimum atomic E-state index is -3.03. The Balaban J connectivity index is 1.70. The van der Waals surface area contributed by atoms with Crippen LogP contribution in [0.4, 0.5) is 10.5 Å². The molecule has 1 fully saturated rings. The Morgan fingerprint density at radius 1 is 1.19 bits per heavy atom. The van der Waals surface area contributed by atoms with Gasteiger partial charge in [0, 0.05) is 11.7 Å². The number of hydrogen-bond donors (Lipinski definition) is 3. The van der Waals surface area contributed by atoms with Crippen molar-refractivity contribution in [2.75, 3.05) is 23.4 Å². The van der Waals surface area contributed by atoms with E-state index in [9.17, 15) is 18.0 Å². The number of carbonyl (C=O) groups is 2. The molecule has 0 saturated carbocycles. The summed E-state index contributed by atoms with van der Waals surface area (Å²) in [6, 6.07) is 7.99. The highest BCUT2D eigenvalue weighted by molar-refractivity contribution is 7.91. The van der Waals surface area contributed by atoms with Gasteiger partial charge in [-0.2, -0.15) is 0 Å². The van der Waals surface area contributed by atoms with Gasteiger partial charge in [0.1, 0.15) is 0 Å². The third-order valence-electron chi connectivity index (χ3n) is 3.04. The largest absolute Gasteiger partial charge is 0.351 e. The molecule has 1 aliphatic heterocycles. The first-order chi connectivity index (χ1) is 9.94. The van der Waals surface area contributed by atoms with E-state index >= 15 is 0 Å². The van der Waals surface area contributed by atoms with Gasteiger partial charge in [0.2, 0.25) is 5.91 Å². The highest BCUT2D eigenvalue weighted by Crippen LogP contribution is 2.10. The van der Waals surface area contributed by atoms with Gasteiger partial charge in [-0.1, -0.05) is 18.2 Å². The molecular formula is C13H17N3O4S. The number of anilines is 1. The number of sulfone groups is 1. The summed E-state index contributed by atoms with van der Waals surface area (Å²) in [5.74, 6) is -0.338. The van der Waals surface area contributed by atoms with Crippen molar-refractivity contribution in [1.82, 2.24) is 10.6 Å². The predicted octanol–water partition coefficient (Wildman–Crippen LogP) is 0.111. The molecule has 3 amide bonds. The molecule has 3 N–H and O–H groups in total. The fourth-order valence-electron chi connectivity index (χ4n) is 2.04. The summed E-state index contributed by atoms with van der Waals surface area (Å²) in [6.07, 6.45) is 0.421. The van der Waals surface area contributed by atoms with Crippen molar-refractivity contribution in [1.29, 1.82) is 0 Å².